The van der Waals surface area contributed by atoms with Gasteiger partial charge in [0.25, 0.3) is 0 Å². The maximum Gasteiger partial charge on any atom is 0.327 e. The fourth-order valence-corrected chi connectivity index (χ4v) is 0.971. The van der Waals surface area contributed by atoms with Gasteiger partial charge in [-0.2, -0.15) is 0 Å². The van der Waals surface area contributed by atoms with Crippen LogP contribution in [0.4, 0.5) is 0 Å². The van der Waals surface area contributed by atoms with Crippen molar-refractivity contribution in [1.82, 2.24) is 0 Å². The van der Waals surface area contributed by atoms with E-state index in [1.807, 2.05) is 0 Å². The lowest BCUT2D eigenvalue weighted by Crippen LogP contribution is -2.15. The molecule has 0 heterocycles. The van der Waals surface area contributed by atoms with Crippen LogP contribution in [0.15, 0.2) is 0 Å². The molecule has 72 valence electrons. The maximum absolute atomic E-state index is 11.1. The van der Waals surface area contributed by atoms with Crippen LogP contribution in [0.3, 0.4) is 0 Å². The zero-order valence-electron chi connectivity index (χ0n) is 7.31. The van der Waals surface area contributed by atoms with E-state index in [2.05, 4.69) is 4.52 Å². The molecule has 0 rings (SSSR count). The van der Waals surface area contributed by atoms with E-state index in [0.29, 0.717) is 0 Å². The fourth-order valence-electron chi connectivity index (χ4n) is 0.371. The second-order valence-corrected chi connectivity index (χ2v) is 4.65. The Morgan fingerprint density at radius 1 is 1.67 bits per heavy atom. The highest BCUT2D eigenvalue weighted by molar-refractivity contribution is 7.52. The van der Waals surface area contributed by atoms with Crippen LogP contribution >= 0.6 is 7.60 Å². The molecule has 2 atom stereocenters. The van der Waals surface area contributed by atoms with E-state index in [0.717, 1.165) is 0 Å². The Morgan fingerprint density at radius 2 is 2.17 bits per heavy atom. The summed E-state index contributed by atoms with van der Waals surface area (Å²) in [6, 6.07) is 0. The second-order valence-electron chi connectivity index (χ2n) is 2.49. The highest BCUT2D eigenvalue weighted by atomic mass is 31.2. The predicted octanol–water partition coefficient (Wildman–Crippen LogP) is 1.19. The quantitative estimate of drug-likeness (QED) is 0.668. The van der Waals surface area contributed by atoms with Gasteiger partial charge in [0.05, 0.1) is 12.5 Å². The molecule has 0 radical (unpaired) electrons. The van der Waals surface area contributed by atoms with Gasteiger partial charge in [-0.05, 0) is 6.92 Å². The molecule has 0 saturated carbocycles. The summed E-state index contributed by atoms with van der Waals surface area (Å²) >= 11 is 0. The summed E-state index contributed by atoms with van der Waals surface area (Å²) in [7, 11) is -1.77. The molecule has 12 heavy (non-hydrogen) atoms. The van der Waals surface area contributed by atoms with Crippen LogP contribution in [0.2, 0.25) is 0 Å². The van der Waals surface area contributed by atoms with Crippen molar-refractivity contribution in [3.63, 3.8) is 0 Å². The molecule has 0 aliphatic carbocycles. The van der Waals surface area contributed by atoms with Crippen molar-refractivity contribution in [1.29, 1.82) is 0 Å². The number of hydrogen-bond acceptors (Lipinski definition) is 4. The average molecular weight is 196 g/mol. The van der Waals surface area contributed by atoms with Gasteiger partial charge in [0.2, 0.25) is 0 Å². The van der Waals surface area contributed by atoms with E-state index >= 15 is 0 Å². The van der Waals surface area contributed by atoms with Gasteiger partial charge in [-0.1, -0.05) is 0 Å². The molecule has 6 heteroatoms. The van der Waals surface area contributed by atoms with Crippen LogP contribution in [0, 0.1) is 5.92 Å². The normalized spacial score (nSPS) is 18.2. The Morgan fingerprint density at radius 3 is 2.50 bits per heavy atom. The van der Waals surface area contributed by atoms with Crippen LogP contribution in [0.1, 0.15) is 6.92 Å². The average Bonchev–Trinajstić information content (AvgIpc) is 2.00. The van der Waals surface area contributed by atoms with Crippen LogP contribution in [0.25, 0.3) is 0 Å². The van der Waals surface area contributed by atoms with Gasteiger partial charge in [-0.15, -0.1) is 0 Å². The molecule has 0 spiro atoms. The first-order chi connectivity index (χ1) is 5.39. The number of carboxylic acids is 1. The number of aliphatic carboxylic acids is 1. The molecule has 0 saturated heterocycles. The molecule has 0 fully saturated rings. The molecule has 5 nitrogen and oxygen atoms in total. The molecule has 0 bridgehead atoms. The van der Waals surface area contributed by atoms with Gasteiger partial charge >= 0.3 is 13.6 Å². The monoisotopic (exact) mass is 196 g/mol. The smallest absolute Gasteiger partial charge is 0.327 e. The predicted molar refractivity (Wildman–Crippen MR) is 43.3 cm³/mol. The van der Waals surface area contributed by atoms with E-state index in [1.165, 1.54) is 20.7 Å². The van der Waals surface area contributed by atoms with E-state index in [1.54, 1.807) is 0 Å². The standard InChI is InChI=1S/C6H13O5P/c1-5(6(7)8)4-11-12(3,9)10-2/h5H,4H2,1-3H3,(H,7,8). The Hall–Kier alpha value is -0.380. The Kier molecular flexibility index (Phi) is 4.45. The molecule has 0 aromatic carbocycles. The zero-order valence-corrected chi connectivity index (χ0v) is 8.21. The Labute approximate surface area is 71.2 Å². The molecule has 0 aromatic rings. The number of rotatable bonds is 5. The largest absolute Gasteiger partial charge is 0.481 e. The number of hydrogen-bond donors (Lipinski definition) is 1. The molecule has 1 N–H and O–H groups in total. The van der Waals surface area contributed by atoms with E-state index in [-0.39, 0.29) is 6.61 Å². The van der Waals surface area contributed by atoms with Crippen molar-refractivity contribution in [2.24, 2.45) is 5.92 Å². The third-order valence-electron chi connectivity index (χ3n) is 1.31. The minimum atomic E-state index is -3.03. The van der Waals surface area contributed by atoms with E-state index < -0.39 is 19.5 Å². The van der Waals surface area contributed by atoms with Gasteiger partial charge in [0.15, 0.2) is 0 Å². The lowest BCUT2D eigenvalue weighted by Gasteiger charge is -2.12. The summed E-state index contributed by atoms with van der Waals surface area (Å²) in [6.45, 7) is 2.66. The van der Waals surface area contributed by atoms with Crippen LogP contribution in [0.5, 0.6) is 0 Å². The summed E-state index contributed by atoms with van der Waals surface area (Å²) in [5.74, 6) is -1.65. The lowest BCUT2D eigenvalue weighted by molar-refractivity contribution is -0.142. The van der Waals surface area contributed by atoms with Gasteiger partial charge in [0, 0.05) is 13.8 Å². The van der Waals surface area contributed by atoms with Crippen LogP contribution < -0.4 is 0 Å². The summed E-state index contributed by atoms with van der Waals surface area (Å²) in [4.78, 5) is 10.3. The van der Waals surface area contributed by atoms with Gasteiger partial charge in [-0.25, -0.2) is 0 Å². The van der Waals surface area contributed by atoms with Gasteiger partial charge < -0.3 is 14.2 Å². The van der Waals surface area contributed by atoms with Crippen molar-refractivity contribution >= 4 is 13.6 Å². The van der Waals surface area contributed by atoms with Crippen molar-refractivity contribution in [2.45, 2.75) is 6.92 Å². The summed E-state index contributed by atoms with van der Waals surface area (Å²) < 4.78 is 20.3. The van der Waals surface area contributed by atoms with Gasteiger partial charge in [-0.3, -0.25) is 9.36 Å². The number of carbonyl (C=O) groups is 1. The first-order valence-electron chi connectivity index (χ1n) is 3.39. The van der Waals surface area contributed by atoms with Crippen LogP contribution in [-0.2, 0) is 18.4 Å². The van der Waals surface area contributed by atoms with Crippen molar-refractivity contribution in [3.05, 3.63) is 0 Å². The van der Waals surface area contributed by atoms with Gasteiger partial charge in [0.1, 0.15) is 0 Å². The SMILES string of the molecule is COP(C)(=O)OCC(C)C(=O)O. The summed E-state index contributed by atoms with van der Waals surface area (Å²) in [5.41, 5.74) is 0. The third kappa shape index (κ3) is 4.49. The maximum atomic E-state index is 11.1. The number of carboxylic acid groups (broad SMARTS) is 1. The Balaban J connectivity index is 3.83. The first kappa shape index (κ1) is 11.6. The van der Waals surface area contributed by atoms with E-state index in [4.69, 9.17) is 9.63 Å². The lowest BCUT2D eigenvalue weighted by atomic mass is 10.2. The molecule has 0 aliphatic heterocycles. The highest BCUT2D eigenvalue weighted by Crippen LogP contribution is 2.42. The zero-order chi connectivity index (χ0) is 9.78. The molecule has 0 amide bonds. The third-order valence-corrected chi connectivity index (χ3v) is 2.59. The topological polar surface area (TPSA) is 72.8 Å². The summed E-state index contributed by atoms with van der Waals surface area (Å²) in [6.07, 6.45) is 0. The van der Waals surface area contributed by atoms with Crippen LogP contribution in [-0.4, -0.2) is 31.5 Å². The molecular formula is C6H13O5P. The highest BCUT2D eigenvalue weighted by Gasteiger charge is 2.19. The molecular weight excluding hydrogens is 183 g/mol. The first-order valence-corrected chi connectivity index (χ1v) is 5.38. The molecule has 0 aromatic heterocycles. The minimum Gasteiger partial charge on any atom is -0.481 e. The van der Waals surface area contributed by atoms with Crippen molar-refractivity contribution in [2.75, 3.05) is 20.4 Å². The second kappa shape index (κ2) is 4.60. The van der Waals surface area contributed by atoms with E-state index in [9.17, 15) is 9.36 Å². The fraction of sp³-hybridized carbons (Fsp3) is 0.833. The minimum absolute atomic E-state index is 0.100. The Bertz CT molecular complexity index is 202. The molecule has 2 unspecified atom stereocenters. The van der Waals surface area contributed by atoms with Crippen molar-refractivity contribution < 1.29 is 23.5 Å². The molecule has 0 aliphatic rings. The van der Waals surface area contributed by atoms with Crippen molar-refractivity contribution in [3.8, 4) is 0 Å². The summed E-state index contributed by atoms with van der Waals surface area (Å²) in [5, 5.41) is 8.44.